The molecule has 152 valence electrons. The minimum atomic E-state index is -1.20. The molecule has 0 radical (unpaired) electrons. The lowest BCUT2D eigenvalue weighted by Crippen LogP contribution is -2.73. The lowest BCUT2D eigenvalue weighted by molar-refractivity contribution is -0.127. The van der Waals surface area contributed by atoms with Gasteiger partial charge in [0.25, 0.3) is 11.8 Å². The van der Waals surface area contributed by atoms with Gasteiger partial charge in [-0.25, -0.2) is 4.79 Å². The number of anilines is 1. The van der Waals surface area contributed by atoms with E-state index >= 15 is 0 Å². The summed E-state index contributed by atoms with van der Waals surface area (Å²) in [5.74, 6) is -1.42. The number of carboxylic acid groups (broad SMARTS) is 1. The molecule has 0 saturated carbocycles. The highest BCUT2D eigenvalue weighted by atomic mass is 16.5. The number of rotatable bonds is 6. The molecule has 0 aromatic heterocycles. The molecule has 0 spiro atoms. The number of β-lactam (4-membered cyclic amide) rings is 1. The van der Waals surface area contributed by atoms with Gasteiger partial charge in [0.1, 0.15) is 11.8 Å². The Hall–Kier alpha value is -3.87. The van der Waals surface area contributed by atoms with Crippen molar-refractivity contribution in [1.82, 2.24) is 5.32 Å². The van der Waals surface area contributed by atoms with Crippen molar-refractivity contribution in [2.45, 2.75) is 12.1 Å². The van der Waals surface area contributed by atoms with Crippen molar-refractivity contribution in [3.05, 3.63) is 84.0 Å². The van der Waals surface area contributed by atoms with Crippen LogP contribution in [0.15, 0.2) is 72.8 Å². The summed E-state index contributed by atoms with van der Waals surface area (Å²) in [7, 11) is 1.57. The van der Waals surface area contributed by atoms with Crippen LogP contribution in [0.3, 0.4) is 0 Å². The molecule has 2 atom stereocenters. The number of aromatic carboxylic acids is 1. The second-order valence-corrected chi connectivity index (χ2v) is 7.05. The van der Waals surface area contributed by atoms with Crippen molar-refractivity contribution < 1.29 is 24.2 Å². The van der Waals surface area contributed by atoms with E-state index in [1.165, 1.54) is 12.1 Å². The number of carboxylic acids is 1. The van der Waals surface area contributed by atoms with E-state index in [9.17, 15) is 19.5 Å². The fraction of sp³-hybridized carbons (Fsp3) is 0.174. The lowest BCUT2D eigenvalue weighted by atomic mass is 9.83. The zero-order chi connectivity index (χ0) is 21.3. The number of amides is 2. The Bertz CT molecular complexity index is 1050. The van der Waals surface area contributed by atoms with Crippen LogP contribution in [0.4, 0.5) is 5.69 Å². The number of ether oxygens (including phenoxy) is 1. The van der Waals surface area contributed by atoms with E-state index < -0.39 is 17.9 Å². The van der Waals surface area contributed by atoms with Crippen LogP contribution in [0.5, 0.6) is 5.75 Å². The number of carbonyl (C=O) groups is 3. The van der Waals surface area contributed by atoms with Gasteiger partial charge in [0.05, 0.1) is 24.3 Å². The standard InChI is InChI=1S/C23H20N2O5/c1-30-16-12-10-15(11-13-16)25-20(14-6-2-3-7-14)19(22(25)27)24-21(26)17-8-4-5-9-18(17)23(28)29/h2-14,19-20H,1H3,(H,24,26)(H,28,29). The predicted octanol–water partition coefficient (Wildman–Crippen LogP) is 2.65. The molecular weight excluding hydrogens is 384 g/mol. The first kappa shape index (κ1) is 19.4. The van der Waals surface area contributed by atoms with E-state index in [2.05, 4.69) is 5.32 Å². The quantitative estimate of drug-likeness (QED) is 0.722. The molecule has 2 N–H and O–H groups in total. The Morgan fingerprint density at radius 3 is 2.23 bits per heavy atom. The summed E-state index contributed by atoms with van der Waals surface area (Å²) in [6.07, 6.45) is 7.74. The number of benzene rings is 2. The van der Waals surface area contributed by atoms with Gasteiger partial charge in [-0.05, 0) is 36.4 Å². The molecule has 4 rings (SSSR count). The molecule has 0 bridgehead atoms. The van der Waals surface area contributed by atoms with Crippen LogP contribution in [0.2, 0.25) is 0 Å². The molecule has 1 fully saturated rings. The Morgan fingerprint density at radius 1 is 1.00 bits per heavy atom. The minimum Gasteiger partial charge on any atom is -0.497 e. The molecule has 2 amide bonds. The fourth-order valence-electron chi connectivity index (χ4n) is 3.86. The number of methoxy groups -OCH3 is 1. The third-order valence-corrected chi connectivity index (χ3v) is 5.35. The third kappa shape index (κ3) is 3.34. The van der Waals surface area contributed by atoms with Crippen LogP contribution in [0.1, 0.15) is 20.7 Å². The summed E-state index contributed by atoms with van der Waals surface area (Å²) in [4.78, 5) is 38.9. The van der Waals surface area contributed by atoms with Crippen molar-refractivity contribution in [3.63, 3.8) is 0 Å². The molecule has 2 unspecified atom stereocenters. The van der Waals surface area contributed by atoms with Crippen molar-refractivity contribution >= 4 is 23.5 Å². The molecular formula is C23H20N2O5. The number of allylic oxidation sites excluding steroid dienone is 2. The summed E-state index contributed by atoms with van der Waals surface area (Å²) < 4.78 is 5.18. The van der Waals surface area contributed by atoms with Gasteiger partial charge >= 0.3 is 5.97 Å². The molecule has 30 heavy (non-hydrogen) atoms. The smallest absolute Gasteiger partial charge is 0.336 e. The van der Waals surface area contributed by atoms with Gasteiger partial charge in [-0.1, -0.05) is 36.4 Å². The van der Waals surface area contributed by atoms with Crippen LogP contribution in [-0.2, 0) is 4.79 Å². The van der Waals surface area contributed by atoms with Crippen LogP contribution in [0.25, 0.3) is 0 Å². The monoisotopic (exact) mass is 404 g/mol. The summed E-state index contributed by atoms with van der Waals surface area (Å²) >= 11 is 0. The van der Waals surface area contributed by atoms with E-state index in [1.54, 1.807) is 48.4 Å². The third-order valence-electron chi connectivity index (χ3n) is 5.35. The zero-order valence-corrected chi connectivity index (χ0v) is 16.2. The predicted molar refractivity (Wildman–Crippen MR) is 111 cm³/mol. The van der Waals surface area contributed by atoms with Gasteiger partial charge in [0, 0.05) is 11.6 Å². The number of nitrogens with zero attached hydrogens (tertiary/aromatic N) is 1. The number of hydrogen-bond donors (Lipinski definition) is 2. The van der Waals surface area contributed by atoms with E-state index in [0.29, 0.717) is 11.4 Å². The van der Waals surface area contributed by atoms with Crippen LogP contribution in [0, 0.1) is 5.92 Å². The number of carbonyl (C=O) groups excluding carboxylic acids is 2. The topological polar surface area (TPSA) is 95.9 Å². The molecule has 1 aliphatic carbocycles. The van der Waals surface area contributed by atoms with Gasteiger partial charge in [-0.3, -0.25) is 9.59 Å². The van der Waals surface area contributed by atoms with E-state index in [4.69, 9.17) is 4.74 Å². The number of nitrogens with one attached hydrogen (secondary N) is 1. The zero-order valence-electron chi connectivity index (χ0n) is 16.2. The van der Waals surface area contributed by atoms with Gasteiger partial charge in [0.15, 0.2) is 0 Å². The Kier molecular flexibility index (Phi) is 5.10. The van der Waals surface area contributed by atoms with Gasteiger partial charge in [0.2, 0.25) is 0 Å². The molecule has 1 aliphatic heterocycles. The average Bonchev–Trinajstić information content (AvgIpc) is 3.29. The molecule has 2 aromatic carbocycles. The Labute approximate surface area is 173 Å². The molecule has 1 heterocycles. The minimum absolute atomic E-state index is 0.0250. The lowest BCUT2D eigenvalue weighted by Gasteiger charge is -2.49. The second kappa shape index (κ2) is 7.87. The van der Waals surface area contributed by atoms with E-state index in [1.807, 2.05) is 24.3 Å². The highest BCUT2D eigenvalue weighted by Gasteiger charge is 2.51. The van der Waals surface area contributed by atoms with Gasteiger partial charge in [-0.2, -0.15) is 0 Å². The number of hydrogen-bond acceptors (Lipinski definition) is 4. The summed E-state index contributed by atoms with van der Waals surface area (Å²) in [5, 5.41) is 12.1. The molecule has 2 aromatic rings. The highest BCUT2D eigenvalue weighted by molar-refractivity contribution is 6.11. The van der Waals surface area contributed by atoms with Gasteiger partial charge < -0.3 is 20.1 Å². The maximum atomic E-state index is 13.0. The first-order valence-electron chi connectivity index (χ1n) is 9.46. The van der Waals surface area contributed by atoms with Crippen LogP contribution < -0.4 is 15.0 Å². The summed E-state index contributed by atoms with van der Waals surface area (Å²) in [5.41, 5.74) is 0.624. The van der Waals surface area contributed by atoms with E-state index in [-0.39, 0.29) is 29.0 Å². The molecule has 1 saturated heterocycles. The Balaban J connectivity index is 1.60. The normalized spacial score (nSPS) is 20.2. The first-order chi connectivity index (χ1) is 14.5. The maximum Gasteiger partial charge on any atom is 0.336 e. The largest absolute Gasteiger partial charge is 0.497 e. The molecule has 7 heteroatoms. The maximum absolute atomic E-state index is 13.0. The molecule has 2 aliphatic rings. The van der Waals surface area contributed by atoms with Crippen molar-refractivity contribution in [2.75, 3.05) is 12.0 Å². The van der Waals surface area contributed by atoms with Crippen molar-refractivity contribution in [3.8, 4) is 5.75 Å². The Morgan fingerprint density at radius 2 is 1.63 bits per heavy atom. The van der Waals surface area contributed by atoms with E-state index in [0.717, 1.165) is 0 Å². The molecule has 7 nitrogen and oxygen atoms in total. The summed E-state index contributed by atoms with van der Waals surface area (Å²) in [6, 6.07) is 12.0. The second-order valence-electron chi connectivity index (χ2n) is 7.05. The van der Waals surface area contributed by atoms with Crippen LogP contribution in [-0.4, -0.2) is 42.1 Å². The van der Waals surface area contributed by atoms with Crippen molar-refractivity contribution in [1.29, 1.82) is 0 Å². The fourth-order valence-corrected chi connectivity index (χ4v) is 3.86. The van der Waals surface area contributed by atoms with Crippen molar-refractivity contribution in [2.24, 2.45) is 5.92 Å². The SMILES string of the molecule is COc1ccc(N2C(=O)C(NC(=O)c3ccccc3C(=O)O)C2C2C=CC=C2)cc1. The highest BCUT2D eigenvalue weighted by Crippen LogP contribution is 2.36. The van der Waals surface area contributed by atoms with Gasteiger partial charge in [-0.15, -0.1) is 0 Å². The average molecular weight is 404 g/mol. The van der Waals surface area contributed by atoms with Crippen LogP contribution >= 0.6 is 0 Å². The summed E-state index contributed by atoms with van der Waals surface area (Å²) in [6.45, 7) is 0. The first-order valence-corrected chi connectivity index (χ1v) is 9.46.